The molecule has 0 spiro atoms. The zero-order chi connectivity index (χ0) is 15.9. The molecule has 2 N–H and O–H groups in total. The molecule has 0 fully saturated rings. The minimum absolute atomic E-state index is 0.0212. The Hall–Kier alpha value is -2.32. The molecule has 0 unspecified atom stereocenters. The number of rotatable bonds is 6. The molecule has 0 atom stereocenters. The molecule has 116 valence electrons. The molecule has 0 aliphatic rings. The fourth-order valence-electron chi connectivity index (χ4n) is 1.81. The Balaban J connectivity index is 2.01. The van der Waals surface area contributed by atoms with E-state index in [1.54, 1.807) is 14.1 Å². The van der Waals surface area contributed by atoms with Crippen LogP contribution in [0.5, 0.6) is 0 Å². The van der Waals surface area contributed by atoms with E-state index in [4.69, 9.17) is 0 Å². The number of aromatic nitrogens is 2. The minimum Gasteiger partial charge on any atom is -0.335 e. The lowest BCUT2D eigenvalue weighted by molar-refractivity contribution is -0.132. The summed E-state index contributed by atoms with van der Waals surface area (Å²) in [5.41, 5.74) is 1.51. The Bertz CT molecular complexity index is 644. The van der Waals surface area contributed by atoms with Crippen LogP contribution >= 0.6 is 11.5 Å². The maximum atomic E-state index is 12.0. The van der Waals surface area contributed by atoms with E-state index in [2.05, 4.69) is 20.2 Å². The van der Waals surface area contributed by atoms with Gasteiger partial charge in [-0.05, 0) is 7.05 Å². The van der Waals surface area contributed by atoms with E-state index in [1.807, 2.05) is 30.3 Å². The fourth-order valence-corrected chi connectivity index (χ4v) is 2.42. The zero-order valence-electron chi connectivity index (χ0n) is 12.4. The van der Waals surface area contributed by atoms with Crippen LogP contribution in [-0.2, 0) is 9.59 Å². The molecule has 8 heteroatoms. The average molecular weight is 319 g/mol. The number of nitrogens with one attached hydrogen (secondary N) is 2. The maximum absolute atomic E-state index is 12.0. The number of hydrogen-bond acceptors (Lipinski definition) is 6. The maximum Gasteiger partial charge on any atom is 0.244 e. The van der Waals surface area contributed by atoms with Gasteiger partial charge in [-0.2, -0.15) is 0 Å². The van der Waals surface area contributed by atoms with Crippen molar-refractivity contribution in [1.29, 1.82) is 0 Å². The molecule has 22 heavy (non-hydrogen) atoms. The number of carbonyl (C=O) groups excluding carboxylic acids is 2. The normalized spacial score (nSPS) is 10.3. The van der Waals surface area contributed by atoms with Crippen molar-refractivity contribution >= 4 is 28.3 Å². The highest BCUT2D eigenvalue weighted by molar-refractivity contribution is 7.10. The van der Waals surface area contributed by atoms with E-state index < -0.39 is 0 Å². The lowest BCUT2D eigenvalue weighted by atomic mass is 10.2. The minimum atomic E-state index is -0.282. The van der Waals surface area contributed by atoms with Gasteiger partial charge in [0.1, 0.15) is 10.7 Å². The van der Waals surface area contributed by atoms with Crippen LogP contribution in [0, 0.1) is 0 Å². The van der Waals surface area contributed by atoms with Crippen LogP contribution in [0.15, 0.2) is 30.3 Å². The molecule has 0 aliphatic heterocycles. The molecule has 0 saturated heterocycles. The van der Waals surface area contributed by atoms with Crippen LogP contribution in [0.1, 0.15) is 0 Å². The molecular weight excluding hydrogens is 302 g/mol. The number of carbonyl (C=O) groups is 2. The summed E-state index contributed by atoms with van der Waals surface area (Å²) < 4.78 is 3.88. The first-order chi connectivity index (χ1) is 10.6. The van der Waals surface area contributed by atoms with Gasteiger partial charge in [0.2, 0.25) is 11.8 Å². The van der Waals surface area contributed by atoms with E-state index in [0.717, 1.165) is 17.1 Å². The molecule has 0 aliphatic carbocycles. The molecule has 1 heterocycles. The molecule has 2 aromatic rings. The smallest absolute Gasteiger partial charge is 0.244 e. The van der Waals surface area contributed by atoms with Crippen molar-refractivity contribution in [3.63, 3.8) is 0 Å². The second-order valence-electron chi connectivity index (χ2n) is 4.65. The van der Waals surface area contributed by atoms with Gasteiger partial charge in [-0.1, -0.05) is 34.8 Å². The molecule has 0 bridgehead atoms. The Morgan fingerprint density at radius 2 is 2.00 bits per heavy atom. The first-order valence-electron chi connectivity index (χ1n) is 6.68. The quantitative estimate of drug-likeness (QED) is 0.823. The Kier molecular flexibility index (Phi) is 5.56. The lowest BCUT2D eigenvalue weighted by Gasteiger charge is -2.16. The van der Waals surface area contributed by atoms with Crippen LogP contribution in [0.3, 0.4) is 0 Å². The molecule has 2 amide bonds. The van der Waals surface area contributed by atoms with Crippen LogP contribution in [0.4, 0.5) is 5.00 Å². The van der Waals surface area contributed by atoms with Gasteiger partial charge in [-0.25, -0.2) is 0 Å². The van der Waals surface area contributed by atoms with Gasteiger partial charge in [0.25, 0.3) is 0 Å². The third-order valence-corrected chi connectivity index (χ3v) is 3.56. The summed E-state index contributed by atoms with van der Waals surface area (Å²) in [6.07, 6.45) is 0. The number of hydrogen-bond donors (Lipinski definition) is 2. The second-order valence-corrected chi connectivity index (χ2v) is 5.40. The molecule has 7 nitrogen and oxygen atoms in total. The van der Waals surface area contributed by atoms with Gasteiger partial charge in [0.05, 0.1) is 13.1 Å². The van der Waals surface area contributed by atoms with Gasteiger partial charge in [-0.15, -0.1) is 5.10 Å². The second kappa shape index (κ2) is 7.62. The lowest BCUT2D eigenvalue weighted by Crippen LogP contribution is -2.39. The standard InChI is InChI=1S/C14H17N5O2S/c1-15-8-12(21)19(2)9-11(20)16-14-13(17-18-22-14)10-6-4-3-5-7-10/h3-7,15H,8-9H2,1-2H3,(H,16,20). The predicted octanol–water partition coefficient (Wildman–Crippen LogP) is 0.821. The van der Waals surface area contributed by atoms with E-state index in [-0.39, 0.29) is 24.9 Å². The highest BCUT2D eigenvalue weighted by Gasteiger charge is 2.16. The zero-order valence-corrected chi connectivity index (χ0v) is 13.2. The van der Waals surface area contributed by atoms with Gasteiger partial charge < -0.3 is 15.5 Å². The number of nitrogens with zero attached hydrogens (tertiary/aromatic N) is 3. The van der Waals surface area contributed by atoms with Crippen molar-refractivity contribution in [3.05, 3.63) is 30.3 Å². The number of likely N-dealkylation sites (N-methyl/N-ethyl adjacent to an activating group) is 2. The summed E-state index contributed by atoms with van der Waals surface area (Å²) in [6, 6.07) is 9.49. The van der Waals surface area contributed by atoms with Crippen molar-refractivity contribution in [2.75, 3.05) is 32.5 Å². The van der Waals surface area contributed by atoms with Crippen molar-refractivity contribution in [3.8, 4) is 11.3 Å². The van der Waals surface area contributed by atoms with Crippen molar-refractivity contribution < 1.29 is 9.59 Å². The highest BCUT2D eigenvalue weighted by atomic mass is 32.1. The fraction of sp³-hybridized carbons (Fsp3) is 0.286. The third-order valence-electron chi connectivity index (χ3n) is 2.92. The van der Waals surface area contributed by atoms with Gasteiger partial charge in [0, 0.05) is 24.1 Å². The highest BCUT2D eigenvalue weighted by Crippen LogP contribution is 2.28. The largest absolute Gasteiger partial charge is 0.335 e. The molecule has 1 aromatic carbocycles. The van der Waals surface area contributed by atoms with E-state index in [0.29, 0.717) is 10.7 Å². The van der Waals surface area contributed by atoms with E-state index in [9.17, 15) is 9.59 Å². The summed E-state index contributed by atoms with van der Waals surface area (Å²) in [5.74, 6) is -0.432. The van der Waals surface area contributed by atoms with Crippen LogP contribution < -0.4 is 10.6 Å². The number of amides is 2. The molecule has 0 radical (unpaired) electrons. The summed E-state index contributed by atoms with van der Waals surface area (Å²) in [4.78, 5) is 25.0. The monoisotopic (exact) mass is 319 g/mol. The first-order valence-corrected chi connectivity index (χ1v) is 7.45. The summed E-state index contributed by atoms with van der Waals surface area (Å²) in [6.45, 7) is 0.174. The molecule has 2 rings (SSSR count). The molecular formula is C14H17N5O2S. The molecule has 0 saturated carbocycles. The van der Waals surface area contributed by atoms with Crippen LogP contribution in [0.2, 0.25) is 0 Å². The Labute approximate surface area is 132 Å². The van der Waals surface area contributed by atoms with Crippen LogP contribution in [0.25, 0.3) is 11.3 Å². The number of anilines is 1. The SMILES string of the molecule is CNCC(=O)N(C)CC(=O)Nc1snnc1-c1ccccc1. The number of benzene rings is 1. The van der Waals surface area contributed by atoms with Gasteiger partial charge >= 0.3 is 0 Å². The average Bonchev–Trinajstić information content (AvgIpc) is 2.96. The Morgan fingerprint density at radius 1 is 1.27 bits per heavy atom. The van der Waals surface area contributed by atoms with Gasteiger partial charge in [-0.3, -0.25) is 9.59 Å². The summed E-state index contributed by atoms with van der Waals surface area (Å²) in [7, 11) is 3.27. The summed E-state index contributed by atoms with van der Waals surface area (Å²) >= 11 is 1.11. The van der Waals surface area contributed by atoms with E-state index >= 15 is 0 Å². The third kappa shape index (κ3) is 4.09. The van der Waals surface area contributed by atoms with E-state index in [1.165, 1.54) is 4.90 Å². The van der Waals surface area contributed by atoms with Crippen molar-refractivity contribution in [1.82, 2.24) is 19.8 Å². The molecule has 1 aromatic heterocycles. The van der Waals surface area contributed by atoms with Crippen molar-refractivity contribution in [2.24, 2.45) is 0 Å². The van der Waals surface area contributed by atoms with Crippen molar-refractivity contribution in [2.45, 2.75) is 0 Å². The summed E-state index contributed by atoms with van der Waals surface area (Å²) in [5, 5.41) is 10.1. The predicted molar refractivity (Wildman–Crippen MR) is 85.5 cm³/mol. The Morgan fingerprint density at radius 3 is 2.68 bits per heavy atom. The topological polar surface area (TPSA) is 87.2 Å². The van der Waals surface area contributed by atoms with Gasteiger partial charge in [0.15, 0.2) is 0 Å². The first kappa shape index (κ1) is 16.1. The van der Waals surface area contributed by atoms with Crippen LogP contribution in [-0.4, -0.2) is 53.5 Å².